The van der Waals surface area contributed by atoms with Crippen molar-refractivity contribution in [3.63, 3.8) is 0 Å². The predicted octanol–water partition coefficient (Wildman–Crippen LogP) is 6.96. The van der Waals surface area contributed by atoms with E-state index in [0.717, 1.165) is 28.9 Å². The number of nitrogens with zero attached hydrogens (tertiary/aromatic N) is 3. The molecule has 2 aromatic rings. The van der Waals surface area contributed by atoms with Crippen molar-refractivity contribution in [1.82, 2.24) is 15.1 Å². The first kappa shape index (κ1) is 30.4. The van der Waals surface area contributed by atoms with E-state index in [-0.39, 0.29) is 24.4 Å². The van der Waals surface area contributed by atoms with Gasteiger partial charge in [0.15, 0.2) is 0 Å². The number of benzene rings is 1. The molecule has 0 bridgehead atoms. The van der Waals surface area contributed by atoms with E-state index in [1.54, 1.807) is 27.4 Å². The first-order chi connectivity index (χ1) is 17.6. The van der Waals surface area contributed by atoms with Gasteiger partial charge in [0, 0.05) is 17.5 Å². The topological polar surface area (TPSA) is 67.2 Å². The van der Waals surface area contributed by atoms with Crippen molar-refractivity contribution in [3.8, 4) is 0 Å². The molecule has 0 saturated heterocycles. The summed E-state index contributed by atoms with van der Waals surface area (Å²) in [5, 5.41) is 9.67. The molecule has 2 heterocycles. The van der Waals surface area contributed by atoms with E-state index in [2.05, 4.69) is 36.9 Å². The summed E-state index contributed by atoms with van der Waals surface area (Å²) in [5.41, 5.74) is 3.02. The van der Waals surface area contributed by atoms with Gasteiger partial charge in [-0.25, -0.2) is 0 Å². The Morgan fingerprint density at radius 3 is 2.38 bits per heavy atom. The number of nitrogens with one attached hydrogen (secondary N) is 1. The molecule has 202 valence electrons. The minimum Gasteiger partial charge on any atom is -0.352 e. The summed E-state index contributed by atoms with van der Waals surface area (Å²) in [6, 6.07) is 7.83. The number of amides is 2. The van der Waals surface area contributed by atoms with Crippen molar-refractivity contribution in [2.75, 3.05) is 4.90 Å². The number of aromatic nitrogens is 2. The maximum Gasteiger partial charge on any atom is 0.277 e. The van der Waals surface area contributed by atoms with Crippen LogP contribution < -0.4 is 10.2 Å². The fourth-order valence-corrected chi connectivity index (χ4v) is 4.90. The fraction of sp³-hybridized carbons (Fsp3) is 0.500. The standard InChI is InChI=1S/C25H32N4O2S.C5H12/c1-7-9-10-32-15-20-14-22-23(30)29(21-12-17(3)11-18(4)13-21)25(6,16-28(22)27-20)24(31)26-19(5)8-2;1-3-5-4-2/h7,9-14,19H,1,8,15-16H2,2-6H3,(H,26,31);3-5H2,1-2H3/b10-9-;. The molecule has 37 heavy (non-hydrogen) atoms. The molecule has 1 N–H and O–H groups in total. The molecule has 0 radical (unpaired) electrons. The van der Waals surface area contributed by atoms with Crippen molar-refractivity contribution in [1.29, 1.82) is 0 Å². The molecule has 2 amide bonds. The lowest BCUT2D eigenvalue weighted by Crippen LogP contribution is -2.65. The number of aryl methyl sites for hydroxylation is 2. The van der Waals surface area contributed by atoms with Gasteiger partial charge in [-0.15, -0.1) is 11.8 Å². The monoisotopic (exact) mass is 524 g/mol. The van der Waals surface area contributed by atoms with Gasteiger partial charge in [0.05, 0.1) is 12.2 Å². The summed E-state index contributed by atoms with van der Waals surface area (Å²) in [4.78, 5) is 28.9. The summed E-state index contributed by atoms with van der Waals surface area (Å²) in [6.45, 7) is 18.2. The summed E-state index contributed by atoms with van der Waals surface area (Å²) in [7, 11) is 0. The minimum atomic E-state index is -1.10. The van der Waals surface area contributed by atoms with Crippen LogP contribution in [-0.4, -0.2) is 33.2 Å². The van der Waals surface area contributed by atoms with Crippen molar-refractivity contribution in [2.24, 2.45) is 0 Å². The highest BCUT2D eigenvalue weighted by Crippen LogP contribution is 2.34. The van der Waals surface area contributed by atoms with Gasteiger partial charge >= 0.3 is 0 Å². The highest BCUT2D eigenvalue weighted by molar-refractivity contribution is 8.01. The zero-order valence-electron chi connectivity index (χ0n) is 23.6. The Labute approximate surface area is 227 Å². The number of hydrogen-bond donors (Lipinski definition) is 1. The number of hydrogen-bond acceptors (Lipinski definition) is 4. The number of thioether (sulfide) groups is 1. The van der Waals surface area contributed by atoms with Crippen LogP contribution in [0.4, 0.5) is 5.69 Å². The quantitative estimate of drug-likeness (QED) is 0.341. The summed E-state index contributed by atoms with van der Waals surface area (Å²) >= 11 is 1.58. The number of unbranched alkanes of at least 4 members (excludes halogenated alkanes) is 2. The van der Waals surface area contributed by atoms with Gasteiger partial charge in [-0.05, 0) is 68.8 Å². The molecule has 3 rings (SSSR count). The van der Waals surface area contributed by atoms with E-state index in [1.165, 1.54) is 19.3 Å². The number of fused-ring (bicyclic) bond motifs is 1. The summed E-state index contributed by atoms with van der Waals surface area (Å²) < 4.78 is 1.69. The molecule has 0 spiro atoms. The van der Waals surface area contributed by atoms with Gasteiger partial charge in [-0.1, -0.05) is 64.8 Å². The molecular weight excluding hydrogens is 480 g/mol. The number of allylic oxidation sites excluding steroid dienone is 2. The van der Waals surface area contributed by atoms with E-state index in [0.29, 0.717) is 11.4 Å². The van der Waals surface area contributed by atoms with Crippen LogP contribution in [0, 0.1) is 13.8 Å². The number of carbonyl (C=O) groups excluding carboxylic acids is 2. The highest BCUT2D eigenvalue weighted by Gasteiger charge is 2.49. The lowest BCUT2D eigenvalue weighted by Gasteiger charge is -2.43. The average Bonchev–Trinajstić information content (AvgIpc) is 3.24. The fourth-order valence-electron chi connectivity index (χ4n) is 4.27. The number of carbonyl (C=O) groups is 2. The smallest absolute Gasteiger partial charge is 0.277 e. The van der Waals surface area contributed by atoms with Crippen LogP contribution in [0.2, 0.25) is 0 Å². The van der Waals surface area contributed by atoms with Crippen LogP contribution in [0.3, 0.4) is 0 Å². The number of anilines is 1. The molecular formula is C30H44N4O2S. The lowest BCUT2D eigenvalue weighted by atomic mass is 9.93. The zero-order chi connectivity index (χ0) is 27.6. The predicted molar refractivity (Wildman–Crippen MR) is 157 cm³/mol. The molecule has 7 heteroatoms. The second-order valence-electron chi connectivity index (χ2n) is 9.95. The minimum absolute atomic E-state index is 0.0122. The van der Waals surface area contributed by atoms with Crippen molar-refractivity contribution in [3.05, 3.63) is 70.9 Å². The molecule has 2 atom stereocenters. The van der Waals surface area contributed by atoms with Gasteiger partial charge in [0.1, 0.15) is 11.2 Å². The Bertz CT molecular complexity index is 1080. The molecule has 1 aliphatic heterocycles. The molecule has 0 saturated carbocycles. The van der Waals surface area contributed by atoms with Crippen molar-refractivity contribution in [2.45, 2.75) is 98.0 Å². The molecule has 2 unspecified atom stereocenters. The molecule has 1 aliphatic rings. The van der Waals surface area contributed by atoms with E-state index >= 15 is 0 Å². The van der Waals surface area contributed by atoms with Crippen LogP contribution >= 0.6 is 11.8 Å². The second kappa shape index (κ2) is 14.2. The molecule has 1 aromatic carbocycles. The first-order valence-corrected chi connectivity index (χ1v) is 14.4. The average molecular weight is 525 g/mol. The maximum atomic E-state index is 13.8. The van der Waals surface area contributed by atoms with Crippen LogP contribution in [0.1, 0.15) is 87.6 Å². The molecule has 0 fully saturated rings. The molecule has 6 nitrogen and oxygen atoms in total. The SMILES string of the molecule is C=C/C=C\SCc1cc2n(n1)CC(C)(C(=O)NC(C)CC)N(c1cc(C)cc(C)c1)C2=O.CCCCC. The Morgan fingerprint density at radius 1 is 1.19 bits per heavy atom. The Balaban J connectivity index is 0.000000877. The van der Waals surface area contributed by atoms with Crippen LogP contribution in [0.5, 0.6) is 0 Å². The normalized spacial score (nSPS) is 17.7. The van der Waals surface area contributed by atoms with E-state index in [4.69, 9.17) is 0 Å². The second-order valence-corrected chi connectivity index (χ2v) is 10.8. The van der Waals surface area contributed by atoms with Gasteiger partial charge in [0.2, 0.25) is 5.91 Å². The Morgan fingerprint density at radius 2 is 1.84 bits per heavy atom. The van der Waals surface area contributed by atoms with Crippen LogP contribution in [0.15, 0.2) is 48.4 Å². The lowest BCUT2D eigenvalue weighted by molar-refractivity contribution is -0.127. The molecule has 1 aromatic heterocycles. The zero-order valence-corrected chi connectivity index (χ0v) is 24.5. The number of rotatable bonds is 10. The third-order valence-electron chi connectivity index (χ3n) is 6.40. The van der Waals surface area contributed by atoms with Gasteiger partial charge in [-0.3, -0.25) is 19.2 Å². The van der Waals surface area contributed by atoms with Crippen molar-refractivity contribution < 1.29 is 9.59 Å². The highest BCUT2D eigenvalue weighted by atomic mass is 32.2. The molecule has 0 aliphatic carbocycles. The van der Waals surface area contributed by atoms with Gasteiger partial charge in [-0.2, -0.15) is 5.10 Å². The largest absolute Gasteiger partial charge is 0.352 e. The summed E-state index contributed by atoms with van der Waals surface area (Å²) in [5.74, 6) is 0.246. The summed E-state index contributed by atoms with van der Waals surface area (Å²) in [6.07, 6.45) is 8.47. The van der Waals surface area contributed by atoms with Crippen molar-refractivity contribution >= 4 is 29.3 Å². The van der Waals surface area contributed by atoms with Gasteiger partial charge in [0.25, 0.3) is 5.91 Å². The van der Waals surface area contributed by atoms with Gasteiger partial charge < -0.3 is 5.32 Å². The first-order valence-electron chi connectivity index (χ1n) is 13.3. The third-order valence-corrected chi connectivity index (χ3v) is 7.21. The van der Waals surface area contributed by atoms with E-state index in [1.807, 2.05) is 64.3 Å². The van der Waals surface area contributed by atoms with Crippen LogP contribution in [0.25, 0.3) is 0 Å². The maximum absolute atomic E-state index is 13.8. The third kappa shape index (κ3) is 7.84. The van der Waals surface area contributed by atoms with Crippen LogP contribution in [-0.2, 0) is 17.1 Å². The Hall–Kier alpha value is -2.80. The Kier molecular flexibility index (Phi) is 11.7. The van der Waals surface area contributed by atoms with E-state index in [9.17, 15) is 9.59 Å². The van der Waals surface area contributed by atoms with E-state index < -0.39 is 5.54 Å².